The number of nitrogens with zero attached hydrogens (tertiary/aromatic N) is 2. The third-order valence-electron chi connectivity index (χ3n) is 2.71. The molecular formula is C9H14N4O4. The Balaban J connectivity index is 2.26. The van der Waals surface area contributed by atoms with Gasteiger partial charge in [0.2, 0.25) is 0 Å². The summed E-state index contributed by atoms with van der Waals surface area (Å²) in [6.07, 6.45) is -0.445. The van der Waals surface area contributed by atoms with Gasteiger partial charge in [-0.2, -0.15) is 0 Å². The fourth-order valence-corrected chi connectivity index (χ4v) is 1.86. The van der Waals surface area contributed by atoms with Crippen molar-refractivity contribution in [3.05, 3.63) is 12.0 Å². The maximum atomic E-state index is 11.0. The molecule has 1 amide bonds. The molecule has 1 aliphatic heterocycles. The second-order valence-corrected chi connectivity index (χ2v) is 3.88. The fourth-order valence-electron chi connectivity index (χ4n) is 1.86. The molecule has 8 heteroatoms. The third-order valence-corrected chi connectivity index (χ3v) is 2.71. The van der Waals surface area contributed by atoms with Crippen LogP contribution in [0.25, 0.3) is 0 Å². The van der Waals surface area contributed by atoms with Gasteiger partial charge in [-0.25, -0.2) is 4.98 Å². The third kappa shape index (κ3) is 1.97. The van der Waals surface area contributed by atoms with Crippen molar-refractivity contribution in [3.8, 4) is 0 Å². The number of hydrogen-bond donors (Lipinski definition) is 4. The number of nitrogen functional groups attached to an aromatic ring is 1. The first kappa shape index (κ1) is 11.8. The van der Waals surface area contributed by atoms with E-state index in [0.717, 1.165) is 0 Å². The van der Waals surface area contributed by atoms with Gasteiger partial charge in [-0.15, -0.1) is 0 Å². The summed E-state index contributed by atoms with van der Waals surface area (Å²) in [7, 11) is 0. The summed E-state index contributed by atoms with van der Waals surface area (Å²) < 4.78 is 6.71. The number of hydrogen-bond acceptors (Lipinski definition) is 6. The largest absolute Gasteiger partial charge is 0.394 e. The summed E-state index contributed by atoms with van der Waals surface area (Å²) in [5.41, 5.74) is 10.7. The Hall–Kier alpha value is -1.64. The summed E-state index contributed by atoms with van der Waals surface area (Å²) >= 11 is 0. The average Bonchev–Trinajstić information content (AvgIpc) is 2.81. The predicted octanol–water partition coefficient (Wildman–Crippen LogP) is -1.80. The van der Waals surface area contributed by atoms with Crippen LogP contribution in [-0.4, -0.2) is 44.5 Å². The van der Waals surface area contributed by atoms with Gasteiger partial charge in [0.25, 0.3) is 5.91 Å². The van der Waals surface area contributed by atoms with E-state index in [1.165, 1.54) is 10.9 Å². The van der Waals surface area contributed by atoms with Crippen LogP contribution in [0.15, 0.2) is 6.33 Å². The summed E-state index contributed by atoms with van der Waals surface area (Å²) in [5, 5.41) is 18.7. The molecule has 0 radical (unpaired) electrons. The van der Waals surface area contributed by atoms with E-state index >= 15 is 0 Å². The normalized spacial score (nSPS) is 28.5. The van der Waals surface area contributed by atoms with E-state index in [1.807, 2.05) is 0 Å². The van der Waals surface area contributed by atoms with Gasteiger partial charge in [0.15, 0.2) is 11.9 Å². The van der Waals surface area contributed by atoms with Crippen molar-refractivity contribution in [2.75, 3.05) is 12.3 Å². The molecule has 1 fully saturated rings. The van der Waals surface area contributed by atoms with Crippen molar-refractivity contribution in [2.24, 2.45) is 5.73 Å². The van der Waals surface area contributed by atoms with Crippen LogP contribution in [0.1, 0.15) is 23.1 Å². The van der Waals surface area contributed by atoms with E-state index in [1.54, 1.807) is 0 Å². The summed E-state index contributed by atoms with van der Waals surface area (Å²) in [4.78, 5) is 14.7. The molecule has 0 aliphatic carbocycles. The number of carbonyl (C=O) groups is 1. The van der Waals surface area contributed by atoms with Crippen molar-refractivity contribution < 1.29 is 19.7 Å². The van der Waals surface area contributed by atoms with Gasteiger partial charge in [0.1, 0.15) is 11.9 Å². The van der Waals surface area contributed by atoms with Crippen molar-refractivity contribution in [3.63, 3.8) is 0 Å². The predicted molar refractivity (Wildman–Crippen MR) is 56.8 cm³/mol. The Labute approximate surface area is 96.8 Å². The molecule has 1 aromatic rings. The smallest absolute Gasteiger partial charge is 0.271 e. The van der Waals surface area contributed by atoms with Crippen LogP contribution in [0.3, 0.4) is 0 Å². The van der Waals surface area contributed by atoms with Gasteiger partial charge >= 0.3 is 0 Å². The molecule has 0 aromatic carbocycles. The number of anilines is 1. The second kappa shape index (κ2) is 4.32. The van der Waals surface area contributed by atoms with Crippen LogP contribution in [-0.2, 0) is 4.74 Å². The van der Waals surface area contributed by atoms with Gasteiger partial charge in [0, 0.05) is 6.42 Å². The van der Waals surface area contributed by atoms with E-state index in [-0.39, 0.29) is 18.1 Å². The van der Waals surface area contributed by atoms with Gasteiger partial charge in [-0.05, 0) is 0 Å². The molecule has 2 rings (SSSR count). The summed E-state index contributed by atoms with van der Waals surface area (Å²) in [6.45, 7) is -0.190. The molecule has 1 saturated heterocycles. The molecule has 0 bridgehead atoms. The first-order valence-electron chi connectivity index (χ1n) is 5.11. The van der Waals surface area contributed by atoms with E-state index in [0.29, 0.717) is 6.42 Å². The second-order valence-electron chi connectivity index (χ2n) is 3.88. The summed E-state index contributed by atoms with van der Waals surface area (Å²) in [6, 6.07) is 0. The van der Waals surface area contributed by atoms with Crippen LogP contribution in [0.5, 0.6) is 0 Å². The van der Waals surface area contributed by atoms with E-state index in [4.69, 9.17) is 21.3 Å². The van der Waals surface area contributed by atoms with Crippen LogP contribution < -0.4 is 11.5 Å². The number of aliphatic hydroxyl groups is 2. The number of amides is 1. The number of aliphatic hydroxyl groups excluding tert-OH is 2. The zero-order chi connectivity index (χ0) is 12.6. The first-order chi connectivity index (χ1) is 8.04. The topological polar surface area (TPSA) is 137 Å². The van der Waals surface area contributed by atoms with E-state index < -0.39 is 24.3 Å². The van der Waals surface area contributed by atoms with Crippen molar-refractivity contribution >= 4 is 11.7 Å². The number of nitrogens with two attached hydrogens (primary N) is 2. The average molecular weight is 242 g/mol. The van der Waals surface area contributed by atoms with Crippen LogP contribution in [0.2, 0.25) is 0 Å². The highest BCUT2D eigenvalue weighted by atomic mass is 16.5. The standard InChI is InChI=1S/C9H14N4O4/c10-7-6(8(11)16)12-3-13(7)9-5(15)1-4(2-14)17-9/h3-5,9,14-15H,1-2,10H2,(H2,11,16)/t4-,5+,9+/m0/s1. The number of imidazole rings is 1. The van der Waals surface area contributed by atoms with Crippen LogP contribution >= 0.6 is 0 Å². The number of rotatable bonds is 3. The molecule has 6 N–H and O–H groups in total. The lowest BCUT2D eigenvalue weighted by Gasteiger charge is -2.17. The highest BCUT2D eigenvalue weighted by Gasteiger charge is 2.36. The molecule has 2 heterocycles. The molecule has 3 atom stereocenters. The molecule has 17 heavy (non-hydrogen) atoms. The number of aromatic nitrogens is 2. The molecule has 8 nitrogen and oxygen atoms in total. The van der Waals surface area contributed by atoms with Crippen LogP contribution in [0.4, 0.5) is 5.82 Å². The molecule has 1 aliphatic rings. The highest BCUT2D eigenvalue weighted by molar-refractivity contribution is 5.95. The lowest BCUT2D eigenvalue weighted by Crippen LogP contribution is -2.21. The van der Waals surface area contributed by atoms with E-state index in [9.17, 15) is 9.90 Å². The molecule has 0 unspecified atom stereocenters. The van der Waals surface area contributed by atoms with Crippen molar-refractivity contribution in [1.29, 1.82) is 0 Å². The lowest BCUT2D eigenvalue weighted by molar-refractivity contribution is -0.0494. The maximum absolute atomic E-state index is 11.0. The Morgan fingerprint density at radius 2 is 2.41 bits per heavy atom. The monoisotopic (exact) mass is 242 g/mol. The number of carbonyl (C=O) groups excluding carboxylic acids is 1. The Morgan fingerprint density at radius 1 is 1.71 bits per heavy atom. The van der Waals surface area contributed by atoms with Gasteiger partial charge in [-0.3, -0.25) is 9.36 Å². The molecular weight excluding hydrogens is 228 g/mol. The minimum atomic E-state index is -0.815. The molecule has 94 valence electrons. The minimum absolute atomic E-state index is 0.0418. The molecule has 1 aromatic heterocycles. The summed E-state index contributed by atoms with van der Waals surface area (Å²) in [5.74, 6) is -0.701. The Morgan fingerprint density at radius 3 is 2.88 bits per heavy atom. The number of primary amides is 1. The highest BCUT2D eigenvalue weighted by Crippen LogP contribution is 2.31. The Kier molecular flexibility index (Phi) is 3.01. The number of ether oxygens (including phenoxy) is 1. The zero-order valence-corrected chi connectivity index (χ0v) is 8.98. The quantitative estimate of drug-likeness (QED) is 0.494. The Bertz CT molecular complexity index is 433. The van der Waals surface area contributed by atoms with Gasteiger partial charge in [0.05, 0.1) is 19.0 Å². The minimum Gasteiger partial charge on any atom is -0.394 e. The lowest BCUT2D eigenvalue weighted by atomic mass is 10.2. The van der Waals surface area contributed by atoms with E-state index in [2.05, 4.69) is 4.98 Å². The zero-order valence-electron chi connectivity index (χ0n) is 8.98. The SMILES string of the molecule is NC(=O)c1ncn([C@@H]2O[C@H](CO)C[C@H]2O)c1N. The maximum Gasteiger partial charge on any atom is 0.271 e. The van der Waals surface area contributed by atoms with Gasteiger partial charge < -0.3 is 26.4 Å². The molecule has 0 spiro atoms. The van der Waals surface area contributed by atoms with Crippen LogP contribution in [0, 0.1) is 0 Å². The fraction of sp³-hybridized carbons (Fsp3) is 0.556. The molecule has 0 saturated carbocycles. The van der Waals surface area contributed by atoms with Gasteiger partial charge in [-0.1, -0.05) is 0 Å². The van der Waals surface area contributed by atoms with Crippen molar-refractivity contribution in [1.82, 2.24) is 9.55 Å². The first-order valence-corrected chi connectivity index (χ1v) is 5.11. The van der Waals surface area contributed by atoms with Crippen molar-refractivity contribution in [2.45, 2.75) is 24.9 Å².